The van der Waals surface area contributed by atoms with Crippen molar-refractivity contribution in [3.63, 3.8) is 0 Å². The molecular formula is C21H25F3N2O2S. The second-order valence-electron chi connectivity index (χ2n) is 8.26. The van der Waals surface area contributed by atoms with Crippen LogP contribution in [0.3, 0.4) is 0 Å². The van der Waals surface area contributed by atoms with Gasteiger partial charge in [0, 0.05) is 41.6 Å². The topological polar surface area (TPSA) is 40.6 Å². The summed E-state index contributed by atoms with van der Waals surface area (Å²) in [5.41, 5.74) is -0.357. The minimum atomic E-state index is -4.44. The van der Waals surface area contributed by atoms with Crippen molar-refractivity contribution in [3.8, 4) is 0 Å². The first-order valence-corrected chi connectivity index (χ1v) is 11.1. The number of thioether (sulfide) groups is 1. The van der Waals surface area contributed by atoms with Gasteiger partial charge < -0.3 is 9.80 Å². The second-order valence-corrected chi connectivity index (χ2v) is 9.74. The molecule has 8 heteroatoms. The number of anilines is 1. The molecule has 2 amide bonds. The van der Waals surface area contributed by atoms with E-state index in [1.807, 2.05) is 11.8 Å². The molecule has 1 unspecified atom stereocenters. The van der Waals surface area contributed by atoms with E-state index in [2.05, 4.69) is 0 Å². The van der Waals surface area contributed by atoms with Crippen molar-refractivity contribution in [3.05, 3.63) is 23.8 Å². The average molecular weight is 427 g/mol. The molecule has 29 heavy (non-hydrogen) atoms. The number of nitrogens with zero attached hydrogens (tertiary/aromatic N) is 2. The van der Waals surface area contributed by atoms with Crippen molar-refractivity contribution < 1.29 is 22.8 Å². The molecule has 0 radical (unpaired) electrons. The van der Waals surface area contributed by atoms with Crippen LogP contribution in [0.2, 0.25) is 0 Å². The number of piperidine rings is 1. The van der Waals surface area contributed by atoms with E-state index in [9.17, 15) is 22.8 Å². The van der Waals surface area contributed by atoms with Gasteiger partial charge in [-0.3, -0.25) is 9.59 Å². The molecule has 1 saturated carbocycles. The highest BCUT2D eigenvalue weighted by molar-refractivity contribution is 8.00. The number of likely N-dealkylation sites (tertiary alicyclic amines) is 1. The minimum absolute atomic E-state index is 0.112. The fraction of sp³-hybridized carbons (Fsp3) is 0.619. The van der Waals surface area contributed by atoms with E-state index >= 15 is 0 Å². The van der Waals surface area contributed by atoms with Crippen molar-refractivity contribution in [1.82, 2.24) is 4.90 Å². The number of benzene rings is 1. The molecule has 0 aromatic heterocycles. The third kappa shape index (κ3) is 4.42. The largest absolute Gasteiger partial charge is 0.416 e. The number of hydrogen-bond acceptors (Lipinski definition) is 3. The molecule has 4 nitrogen and oxygen atoms in total. The average Bonchev–Trinajstić information content (AvgIpc) is 3.53. The SMILES string of the molecule is CC1CCN(C(=O)C2CCN(C(=O)C3CC3)CC2)c2cc(C(F)(F)F)ccc2S1. The Kier molecular flexibility index (Phi) is 5.57. The number of carbonyl (C=O) groups excluding carboxylic acids is 2. The zero-order valence-electron chi connectivity index (χ0n) is 16.4. The number of rotatable bonds is 2. The molecule has 2 fully saturated rings. The summed E-state index contributed by atoms with van der Waals surface area (Å²) in [6.45, 7) is 3.56. The smallest absolute Gasteiger partial charge is 0.342 e. The summed E-state index contributed by atoms with van der Waals surface area (Å²) in [7, 11) is 0. The van der Waals surface area contributed by atoms with E-state index in [1.165, 1.54) is 17.8 Å². The number of halogens is 3. The molecule has 4 rings (SSSR count). The zero-order valence-corrected chi connectivity index (χ0v) is 17.2. The quantitative estimate of drug-likeness (QED) is 0.696. The van der Waals surface area contributed by atoms with Crippen molar-refractivity contribution in [2.75, 3.05) is 24.5 Å². The van der Waals surface area contributed by atoms with Crippen molar-refractivity contribution in [2.24, 2.45) is 11.8 Å². The third-order valence-electron chi connectivity index (χ3n) is 6.01. The molecule has 1 aliphatic carbocycles. The van der Waals surface area contributed by atoms with Crippen LogP contribution in [0, 0.1) is 11.8 Å². The molecule has 1 saturated heterocycles. The Labute approximate surface area is 172 Å². The van der Waals surface area contributed by atoms with Gasteiger partial charge in [0.1, 0.15) is 0 Å². The lowest BCUT2D eigenvalue weighted by Gasteiger charge is -2.34. The van der Waals surface area contributed by atoms with Gasteiger partial charge in [-0.1, -0.05) is 6.92 Å². The molecular weight excluding hydrogens is 401 g/mol. The molecule has 3 aliphatic rings. The number of hydrogen-bond donors (Lipinski definition) is 0. The molecule has 1 atom stereocenters. The maximum absolute atomic E-state index is 13.3. The van der Waals surface area contributed by atoms with Gasteiger partial charge in [0.2, 0.25) is 11.8 Å². The summed E-state index contributed by atoms with van der Waals surface area (Å²) >= 11 is 1.52. The third-order valence-corrected chi connectivity index (χ3v) is 7.25. The van der Waals surface area contributed by atoms with Gasteiger partial charge in [-0.25, -0.2) is 0 Å². The molecule has 0 bridgehead atoms. The molecule has 0 N–H and O–H groups in total. The molecule has 2 aliphatic heterocycles. The summed E-state index contributed by atoms with van der Waals surface area (Å²) in [5, 5.41) is 0.223. The van der Waals surface area contributed by atoms with Crippen molar-refractivity contribution in [2.45, 2.75) is 55.3 Å². The van der Waals surface area contributed by atoms with Crippen molar-refractivity contribution in [1.29, 1.82) is 0 Å². The first-order chi connectivity index (χ1) is 13.7. The number of alkyl halides is 3. The van der Waals surface area contributed by atoms with Gasteiger partial charge >= 0.3 is 6.18 Å². The highest BCUT2D eigenvalue weighted by atomic mass is 32.2. The summed E-state index contributed by atoms with van der Waals surface area (Å²) < 4.78 is 39.8. The van der Waals surface area contributed by atoms with Crippen LogP contribution in [0.15, 0.2) is 23.1 Å². The van der Waals surface area contributed by atoms with Gasteiger partial charge in [-0.05, 0) is 50.3 Å². The summed E-state index contributed by atoms with van der Waals surface area (Å²) in [5.74, 6) is -0.00653. The Morgan fingerprint density at radius 1 is 0.966 bits per heavy atom. The summed E-state index contributed by atoms with van der Waals surface area (Å²) in [6, 6.07) is 3.69. The van der Waals surface area contributed by atoms with Crippen LogP contribution in [0.1, 0.15) is 44.6 Å². The predicted octanol–water partition coefficient (Wildman–Crippen LogP) is 4.57. The van der Waals surface area contributed by atoms with Gasteiger partial charge in [0.15, 0.2) is 0 Å². The van der Waals surface area contributed by atoms with Gasteiger partial charge in [0.25, 0.3) is 0 Å². The van der Waals surface area contributed by atoms with Gasteiger partial charge in [0.05, 0.1) is 11.3 Å². The lowest BCUT2D eigenvalue weighted by atomic mass is 9.94. The Morgan fingerprint density at radius 3 is 2.24 bits per heavy atom. The van der Waals surface area contributed by atoms with Crippen LogP contribution >= 0.6 is 11.8 Å². The van der Waals surface area contributed by atoms with Crippen LogP contribution in [-0.4, -0.2) is 41.6 Å². The second kappa shape index (κ2) is 7.85. The molecule has 2 heterocycles. The van der Waals surface area contributed by atoms with Crippen LogP contribution in [0.25, 0.3) is 0 Å². The predicted molar refractivity (Wildman–Crippen MR) is 106 cm³/mol. The van der Waals surface area contributed by atoms with E-state index in [4.69, 9.17) is 0 Å². The normalized spacial score (nSPS) is 23.5. The molecule has 158 valence electrons. The Balaban J connectivity index is 1.53. The highest BCUT2D eigenvalue weighted by Crippen LogP contribution is 2.42. The Hall–Kier alpha value is -1.70. The maximum atomic E-state index is 13.3. The number of fused-ring (bicyclic) bond motifs is 1. The summed E-state index contributed by atoms with van der Waals surface area (Å²) in [4.78, 5) is 29.7. The van der Waals surface area contributed by atoms with Crippen LogP contribution in [0.5, 0.6) is 0 Å². The van der Waals surface area contributed by atoms with E-state index in [1.54, 1.807) is 4.90 Å². The minimum Gasteiger partial charge on any atom is -0.342 e. The Morgan fingerprint density at radius 2 is 1.62 bits per heavy atom. The van der Waals surface area contributed by atoms with E-state index < -0.39 is 11.7 Å². The molecule has 1 aromatic carbocycles. The van der Waals surface area contributed by atoms with E-state index in [-0.39, 0.29) is 28.9 Å². The molecule has 0 spiro atoms. The first kappa shape index (κ1) is 20.6. The lowest BCUT2D eigenvalue weighted by Crippen LogP contribution is -2.45. The Bertz CT molecular complexity index is 802. The lowest BCUT2D eigenvalue weighted by molar-refractivity contribution is -0.137. The van der Waals surface area contributed by atoms with Crippen molar-refractivity contribution >= 4 is 29.3 Å². The molecule has 1 aromatic rings. The number of amides is 2. The fourth-order valence-corrected chi connectivity index (χ4v) is 5.19. The van der Waals surface area contributed by atoms with Crippen LogP contribution in [0.4, 0.5) is 18.9 Å². The monoisotopic (exact) mass is 426 g/mol. The first-order valence-electron chi connectivity index (χ1n) is 10.2. The van der Waals surface area contributed by atoms with Gasteiger partial charge in [-0.15, -0.1) is 11.8 Å². The number of carbonyl (C=O) groups is 2. The van der Waals surface area contributed by atoms with E-state index in [0.29, 0.717) is 38.2 Å². The van der Waals surface area contributed by atoms with Gasteiger partial charge in [-0.2, -0.15) is 13.2 Å². The standard InChI is InChI=1S/C21H25F3N2O2S/c1-13-6-11-26(17-12-16(21(22,23)24)4-5-18(17)29-13)20(28)15-7-9-25(10-8-15)19(27)14-2-3-14/h4-5,12-15H,2-3,6-11H2,1H3. The highest BCUT2D eigenvalue weighted by Gasteiger charge is 2.38. The summed E-state index contributed by atoms with van der Waals surface area (Å²) in [6.07, 6.45) is -0.652. The zero-order chi connectivity index (χ0) is 20.8. The van der Waals surface area contributed by atoms with Crippen LogP contribution < -0.4 is 4.90 Å². The van der Waals surface area contributed by atoms with E-state index in [0.717, 1.165) is 36.3 Å². The fourth-order valence-electron chi connectivity index (χ4n) is 4.10. The van der Waals surface area contributed by atoms with Crippen LogP contribution in [-0.2, 0) is 15.8 Å². The maximum Gasteiger partial charge on any atom is 0.416 e.